The van der Waals surface area contributed by atoms with E-state index >= 15 is 0 Å². The lowest BCUT2D eigenvalue weighted by Gasteiger charge is -2.23. The van der Waals surface area contributed by atoms with E-state index in [1.807, 2.05) is 0 Å². The summed E-state index contributed by atoms with van der Waals surface area (Å²) in [6.45, 7) is 2.14. The number of carbonyl (C=O) groups excluding carboxylic acids is 1. The summed E-state index contributed by atoms with van der Waals surface area (Å²) in [5, 5.41) is 0. The van der Waals surface area contributed by atoms with Crippen molar-refractivity contribution in [3.63, 3.8) is 0 Å². The number of aryl methyl sites for hydroxylation is 1. The maximum atomic E-state index is 10.6. The lowest BCUT2D eigenvalue weighted by Crippen LogP contribution is -2.18. The van der Waals surface area contributed by atoms with E-state index in [0.717, 1.165) is 32.1 Å². The Hall–Kier alpha value is -1.40. The van der Waals surface area contributed by atoms with E-state index in [1.165, 1.54) is 11.1 Å². The summed E-state index contributed by atoms with van der Waals surface area (Å²) in [6, 6.07) is 8.46. The molecule has 2 rings (SSSR count). The van der Waals surface area contributed by atoms with Gasteiger partial charge in [-0.2, -0.15) is 4.99 Å². The van der Waals surface area contributed by atoms with E-state index in [-0.39, 0.29) is 5.54 Å². The Morgan fingerprint density at radius 2 is 2.12 bits per heavy atom. The summed E-state index contributed by atoms with van der Waals surface area (Å²) < 4.78 is 0. The van der Waals surface area contributed by atoms with E-state index in [0.29, 0.717) is 0 Å². The van der Waals surface area contributed by atoms with Gasteiger partial charge in [0.05, 0.1) is 5.54 Å². The van der Waals surface area contributed by atoms with Gasteiger partial charge in [-0.05, 0) is 30.4 Å². The summed E-state index contributed by atoms with van der Waals surface area (Å²) in [6.07, 6.45) is 7.06. The van der Waals surface area contributed by atoms with E-state index in [4.69, 9.17) is 0 Å². The van der Waals surface area contributed by atoms with Crippen molar-refractivity contribution in [3.8, 4) is 0 Å². The summed E-state index contributed by atoms with van der Waals surface area (Å²) in [4.78, 5) is 14.7. The SMILES string of the molecule is CCc1cccc(C2(N=C=O)CCCC2)c1. The van der Waals surface area contributed by atoms with Crippen molar-refractivity contribution in [2.75, 3.05) is 0 Å². The minimum atomic E-state index is -0.271. The molecule has 0 atom stereocenters. The monoisotopic (exact) mass is 215 g/mol. The Bertz CT molecular complexity index is 412. The Labute approximate surface area is 96.4 Å². The van der Waals surface area contributed by atoms with Crippen molar-refractivity contribution in [2.45, 2.75) is 44.6 Å². The predicted octanol–water partition coefficient (Wildman–Crippen LogP) is 3.35. The number of hydrogen-bond donors (Lipinski definition) is 0. The third kappa shape index (κ3) is 1.94. The van der Waals surface area contributed by atoms with Crippen LogP contribution in [-0.4, -0.2) is 6.08 Å². The topological polar surface area (TPSA) is 29.4 Å². The maximum Gasteiger partial charge on any atom is 0.235 e. The van der Waals surface area contributed by atoms with Crippen LogP contribution in [0.15, 0.2) is 29.3 Å². The Morgan fingerprint density at radius 1 is 1.38 bits per heavy atom. The largest absolute Gasteiger partial charge is 0.235 e. The van der Waals surface area contributed by atoms with Crippen LogP contribution < -0.4 is 0 Å². The molecule has 1 aliphatic carbocycles. The van der Waals surface area contributed by atoms with E-state index < -0.39 is 0 Å². The van der Waals surface area contributed by atoms with Gasteiger partial charge < -0.3 is 0 Å². The van der Waals surface area contributed by atoms with E-state index in [9.17, 15) is 4.79 Å². The first-order chi connectivity index (χ1) is 7.80. The van der Waals surface area contributed by atoms with Gasteiger partial charge in [-0.1, -0.05) is 44.0 Å². The molecule has 0 aliphatic heterocycles. The lowest BCUT2D eigenvalue weighted by molar-refractivity contribution is 0.455. The molecule has 1 saturated carbocycles. The fraction of sp³-hybridized carbons (Fsp3) is 0.500. The van der Waals surface area contributed by atoms with Gasteiger partial charge in [0.25, 0.3) is 0 Å². The highest BCUT2D eigenvalue weighted by molar-refractivity contribution is 5.39. The smallest absolute Gasteiger partial charge is 0.211 e. The summed E-state index contributed by atoms with van der Waals surface area (Å²) in [5.74, 6) is 0. The standard InChI is InChI=1S/C14H17NO/c1-2-12-6-5-7-13(10-12)14(15-11-16)8-3-4-9-14/h5-7,10H,2-4,8-9H2,1H3. The molecule has 0 amide bonds. The molecule has 0 heterocycles. The molecule has 1 aliphatic rings. The normalized spacial score (nSPS) is 18.1. The van der Waals surface area contributed by atoms with E-state index in [2.05, 4.69) is 36.2 Å². The Morgan fingerprint density at radius 3 is 2.75 bits per heavy atom. The molecule has 16 heavy (non-hydrogen) atoms. The highest BCUT2D eigenvalue weighted by Gasteiger charge is 2.35. The van der Waals surface area contributed by atoms with Crippen molar-refractivity contribution >= 4 is 6.08 Å². The van der Waals surface area contributed by atoms with E-state index in [1.54, 1.807) is 6.08 Å². The second-order valence-electron chi connectivity index (χ2n) is 4.50. The van der Waals surface area contributed by atoms with Gasteiger partial charge in [-0.15, -0.1) is 0 Å². The zero-order valence-electron chi connectivity index (χ0n) is 9.70. The quantitative estimate of drug-likeness (QED) is 0.561. The minimum Gasteiger partial charge on any atom is -0.211 e. The van der Waals surface area contributed by atoms with Gasteiger partial charge in [0.15, 0.2) is 0 Å². The van der Waals surface area contributed by atoms with Crippen LogP contribution in [0, 0.1) is 0 Å². The maximum absolute atomic E-state index is 10.6. The van der Waals surface area contributed by atoms with Crippen LogP contribution in [-0.2, 0) is 16.8 Å². The molecular weight excluding hydrogens is 198 g/mol. The van der Waals surface area contributed by atoms with Crippen molar-refractivity contribution in [1.82, 2.24) is 0 Å². The molecule has 0 saturated heterocycles. The van der Waals surface area contributed by atoms with Crippen LogP contribution in [0.1, 0.15) is 43.7 Å². The van der Waals surface area contributed by atoms with Gasteiger partial charge in [-0.3, -0.25) is 0 Å². The van der Waals surface area contributed by atoms with Gasteiger partial charge >= 0.3 is 0 Å². The van der Waals surface area contributed by atoms with Crippen LogP contribution in [0.25, 0.3) is 0 Å². The van der Waals surface area contributed by atoms with Crippen LogP contribution in [0.5, 0.6) is 0 Å². The number of benzene rings is 1. The van der Waals surface area contributed by atoms with Gasteiger partial charge in [0.2, 0.25) is 6.08 Å². The Balaban J connectivity index is 2.42. The molecule has 0 bridgehead atoms. The average molecular weight is 215 g/mol. The highest BCUT2D eigenvalue weighted by atomic mass is 16.1. The molecule has 1 aromatic carbocycles. The first-order valence-electron chi connectivity index (χ1n) is 5.99. The van der Waals surface area contributed by atoms with Crippen LogP contribution in [0.3, 0.4) is 0 Å². The molecule has 1 aromatic rings. The zero-order valence-corrected chi connectivity index (χ0v) is 9.70. The minimum absolute atomic E-state index is 0.271. The predicted molar refractivity (Wildman–Crippen MR) is 64.1 cm³/mol. The van der Waals surface area contributed by atoms with Crippen molar-refractivity contribution < 1.29 is 4.79 Å². The number of hydrogen-bond acceptors (Lipinski definition) is 2. The summed E-state index contributed by atoms with van der Waals surface area (Å²) in [5.41, 5.74) is 2.23. The second kappa shape index (κ2) is 4.63. The van der Waals surface area contributed by atoms with Crippen LogP contribution >= 0.6 is 0 Å². The number of nitrogens with zero attached hydrogens (tertiary/aromatic N) is 1. The first kappa shape index (κ1) is 11.1. The summed E-state index contributed by atoms with van der Waals surface area (Å²) >= 11 is 0. The summed E-state index contributed by atoms with van der Waals surface area (Å²) in [7, 11) is 0. The molecule has 84 valence electrons. The molecular formula is C14H17NO. The molecule has 0 N–H and O–H groups in total. The molecule has 0 radical (unpaired) electrons. The van der Waals surface area contributed by atoms with Crippen molar-refractivity contribution in [1.29, 1.82) is 0 Å². The molecule has 1 fully saturated rings. The highest BCUT2D eigenvalue weighted by Crippen LogP contribution is 2.42. The molecule has 0 unspecified atom stereocenters. The fourth-order valence-corrected chi connectivity index (χ4v) is 2.59. The number of rotatable bonds is 3. The van der Waals surface area contributed by atoms with Crippen LogP contribution in [0.4, 0.5) is 0 Å². The van der Waals surface area contributed by atoms with Gasteiger partial charge in [0, 0.05) is 0 Å². The number of isocyanates is 1. The third-order valence-corrected chi connectivity index (χ3v) is 3.56. The second-order valence-corrected chi connectivity index (χ2v) is 4.50. The van der Waals surface area contributed by atoms with Crippen molar-refractivity contribution in [3.05, 3.63) is 35.4 Å². The van der Waals surface area contributed by atoms with Gasteiger partial charge in [-0.25, -0.2) is 4.79 Å². The fourth-order valence-electron chi connectivity index (χ4n) is 2.59. The average Bonchev–Trinajstić information content (AvgIpc) is 2.80. The zero-order chi connectivity index (χ0) is 11.4. The molecule has 2 nitrogen and oxygen atoms in total. The Kier molecular flexibility index (Phi) is 3.21. The van der Waals surface area contributed by atoms with Crippen LogP contribution in [0.2, 0.25) is 0 Å². The lowest BCUT2D eigenvalue weighted by atomic mass is 9.88. The molecule has 0 aromatic heterocycles. The van der Waals surface area contributed by atoms with Gasteiger partial charge in [0.1, 0.15) is 0 Å². The number of aliphatic imine (C=N–C) groups is 1. The molecule has 2 heteroatoms. The first-order valence-corrected chi connectivity index (χ1v) is 5.99. The van der Waals surface area contributed by atoms with Crippen molar-refractivity contribution in [2.24, 2.45) is 4.99 Å². The molecule has 0 spiro atoms. The third-order valence-electron chi connectivity index (χ3n) is 3.56.